The van der Waals surface area contributed by atoms with Gasteiger partial charge in [0.05, 0.1) is 4.47 Å². The second-order valence-electron chi connectivity index (χ2n) is 5.37. The number of nitrogens with one attached hydrogen (secondary N) is 1. The summed E-state index contributed by atoms with van der Waals surface area (Å²) in [6.45, 7) is 9.63. The number of rotatable bonds is 5. The van der Waals surface area contributed by atoms with Crippen molar-refractivity contribution in [2.24, 2.45) is 0 Å². The van der Waals surface area contributed by atoms with E-state index >= 15 is 0 Å². The minimum Gasteiger partial charge on any atom is -0.315 e. The van der Waals surface area contributed by atoms with Crippen LogP contribution < -0.4 is 5.32 Å². The summed E-state index contributed by atoms with van der Waals surface area (Å²) in [5.74, 6) is -0.204. The van der Waals surface area contributed by atoms with Crippen molar-refractivity contribution in [3.05, 3.63) is 34.1 Å². The molecule has 0 atom stereocenters. The second kappa shape index (κ2) is 5.96. The number of hydrogen-bond donors (Lipinski definition) is 1. The van der Waals surface area contributed by atoms with Crippen LogP contribution in [0.2, 0.25) is 0 Å². The van der Waals surface area contributed by atoms with E-state index in [1.807, 2.05) is 12.1 Å². The Balaban J connectivity index is 2.71. The van der Waals surface area contributed by atoms with Crippen LogP contribution in [0.3, 0.4) is 0 Å². The lowest BCUT2D eigenvalue weighted by Gasteiger charge is -2.26. The molecule has 3 heteroatoms. The van der Waals surface area contributed by atoms with Crippen molar-refractivity contribution in [2.75, 3.05) is 6.54 Å². The van der Waals surface area contributed by atoms with Crippen molar-refractivity contribution >= 4 is 15.9 Å². The Morgan fingerprint density at radius 1 is 1.35 bits per heavy atom. The first-order valence-electron chi connectivity index (χ1n) is 6.02. The Morgan fingerprint density at radius 3 is 2.53 bits per heavy atom. The molecule has 0 saturated carbocycles. The zero-order valence-corrected chi connectivity index (χ0v) is 12.6. The Bertz CT molecular complexity index is 374. The lowest BCUT2D eigenvalue weighted by Crippen LogP contribution is -2.29. The first kappa shape index (κ1) is 14.7. The molecule has 1 aromatic carbocycles. The fraction of sp³-hybridized carbons (Fsp3) is 0.571. The van der Waals surface area contributed by atoms with Gasteiger partial charge in [-0.05, 0) is 52.0 Å². The summed E-state index contributed by atoms with van der Waals surface area (Å²) >= 11 is 3.24. The molecule has 0 unspecified atom stereocenters. The van der Waals surface area contributed by atoms with Gasteiger partial charge in [0.25, 0.3) is 0 Å². The normalized spacial score (nSPS) is 12.2. The minimum absolute atomic E-state index is 0.0537. The predicted octanol–water partition coefficient (Wildman–Crippen LogP) is 4.25. The van der Waals surface area contributed by atoms with Gasteiger partial charge in [0.15, 0.2) is 0 Å². The van der Waals surface area contributed by atoms with Crippen molar-refractivity contribution in [1.82, 2.24) is 5.32 Å². The number of benzene rings is 1. The summed E-state index contributed by atoms with van der Waals surface area (Å²) in [5, 5.41) is 3.41. The van der Waals surface area contributed by atoms with Gasteiger partial charge >= 0.3 is 0 Å². The third-order valence-electron chi connectivity index (χ3n) is 3.00. The fourth-order valence-electron chi connectivity index (χ4n) is 1.73. The average Bonchev–Trinajstić information content (AvgIpc) is 2.21. The topological polar surface area (TPSA) is 12.0 Å². The Hall–Kier alpha value is -0.410. The average molecular weight is 302 g/mol. The summed E-state index contributed by atoms with van der Waals surface area (Å²) in [6, 6.07) is 5.78. The van der Waals surface area contributed by atoms with Crippen LogP contribution in [-0.4, -0.2) is 12.6 Å². The SMILES string of the molecule is CC(C)NCCC(C)(C)c1ccc(F)c(Br)c1. The van der Waals surface area contributed by atoms with Crippen LogP contribution in [-0.2, 0) is 5.41 Å². The molecule has 0 radical (unpaired) electrons. The van der Waals surface area contributed by atoms with E-state index in [1.54, 1.807) is 0 Å². The highest BCUT2D eigenvalue weighted by molar-refractivity contribution is 9.10. The molecule has 0 spiro atoms. The summed E-state index contributed by atoms with van der Waals surface area (Å²) in [7, 11) is 0. The van der Waals surface area contributed by atoms with E-state index in [2.05, 4.69) is 48.9 Å². The summed E-state index contributed by atoms with van der Waals surface area (Å²) in [5.41, 5.74) is 1.22. The van der Waals surface area contributed by atoms with E-state index in [-0.39, 0.29) is 11.2 Å². The Labute approximate surface area is 112 Å². The summed E-state index contributed by atoms with van der Waals surface area (Å²) < 4.78 is 13.7. The molecule has 0 amide bonds. The van der Waals surface area contributed by atoms with Gasteiger partial charge in [-0.15, -0.1) is 0 Å². The highest BCUT2D eigenvalue weighted by Gasteiger charge is 2.21. The van der Waals surface area contributed by atoms with E-state index in [0.717, 1.165) is 18.5 Å². The molecule has 96 valence electrons. The molecule has 17 heavy (non-hydrogen) atoms. The molecule has 0 heterocycles. The number of hydrogen-bond acceptors (Lipinski definition) is 1. The van der Waals surface area contributed by atoms with E-state index in [0.29, 0.717) is 10.5 Å². The van der Waals surface area contributed by atoms with Gasteiger partial charge < -0.3 is 5.32 Å². The van der Waals surface area contributed by atoms with Gasteiger partial charge in [0.1, 0.15) is 5.82 Å². The highest BCUT2D eigenvalue weighted by Crippen LogP contribution is 2.29. The fourth-order valence-corrected chi connectivity index (χ4v) is 2.11. The molecule has 0 aliphatic heterocycles. The van der Waals surface area contributed by atoms with Crippen LogP contribution in [0.1, 0.15) is 39.7 Å². The van der Waals surface area contributed by atoms with Crippen LogP contribution >= 0.6 is 15.9 Å². The summed E-state index contributed by atoms with van der Waals surface area (Å²) in [6.07, 6.45) is 1.03. The van der Waals surface area contributed by atoms with Crippen LogP contribution in [0, 0.1) is 5.82 Å². The molecule has 0 aliphatic carbocycles. The van der Waals surface area contributed by atoms with Gasteiger partial charge in [-0.3, -0.25) is 0 Å². The summed E-state index contributed by atoms with van der Waals surface area (Å²) in [4.78, 5) is 0. The standard InChI is InChI=1S/C14H21BrFN/c1-10(2)17-8-7-14(3,4)11-5-6-13(16)12(15)9-11/h5-6,9-10,17H,7-8H2,1-4H3. The van der Waals surface area contributed by atoms with E-state index in [9.17, 15) is 4.39 Å². The van der Waals surface area contributed by atoms with E-state index in [1.165, 1.54) is 6.07 Å². The maximum Gasteiger partial charge on any atom is 0.137 e. The van der Waals surface area contributed by atoms with Crippen LogP contribution in [0.5, 0.6) is 0 Å². The van der Waals surface area contributed by atoms with E-state index in [4.69, 9.17) is 0 Å². The van der Waals surface area contributed by atoms with E-state index < -0.39 is 0 Å². The largest absolute Gasteiger partial charge is 0.315 e. The lowest BCUT2D eigenvalue weighted by atomic mass is 9.81. The van der Waals surface area contributed by atoms with Gasteiger partial charge in [-0.2, -0.15) is 0 Å². The zero-order chi connectivity index (χ0) is 13.1. The smallest absolute Gasteiger partial charge is 0.137 e. The molecular formula is C14H21BrFN. The van der Waals surface area contributed by atoms with Crippen LogP contribution in [0.25, 0.3) is 0 Å². The van der Waals surface area contributed by atoms with Crippen molar-refractivity contribution in [1.29, 1.82) is 0 Å². The van der Waals surface area contributed by atoms with Gasteiger partial charge in [-0.25, -0.2) is 4.39 Å². The Morgan fingerprint density at radius 2 is 2.00 bits per heavy atom. The minimum atomic E-state index is -0.204. The third kappa shape index (κ3) is 4.40. The maximum atomic E-state index is 13.2. The van der Waals surface area contributed by atoms with Crippen LogP contribution in [0.15, 0.2) is 22.7 Å². The van der Waals surface area contributed by atoms with Crippen molar-refractivity contribution in [3.8, 4) is 0 Å². The van der Waals surface area contributed by atoms with Crippen molar-refractivity contribution in [2.45, 2.75) is 45.6 Å². The lowest BCUT2D eigenvalue weighted by molar-refractivity contribution is 0.440. The predicted molar refractivity (Wildman–Crippen MR) is 74.9 cm³/mol. The molecule has 0 aliphatic rings. The molecule has 1 rings (SSSR count). The monoisotopic (exact) mass is 301 g/mol. The van der Waals surface area contributed by atoms with Crippen molar-refractivity contribution in [3.63, 3.8) is 0 Å². The molecule has 0 fully saturated rings. The molecule has 0 saturated heterocycles. The second-order valence-corrected chi connectivity index (χ2v) is 6.23. The van der Waals surface area contributed by atoms with Crippen LogP contribution in [0.4, 0.5) is 4.39 Å². The third-order valence-corrected chi connectivity index (χ3v) is 3.61. The molecule has 1 nitrogen and oxygen atoms in total. The molecule has 0 bridgehead atoms. The van der Waals surface area contributed by atoms with Gasteiger partial charge in [0.2, 0.25) is 0 Å². The highest BCUT2D eigenvalue weighted by atomic mass is 79.9. The first-order valence-corrected chi connectivity index (χ1v) is 6.81. The quantitative estimate of drug-likeness (QED) is 0.857. The van der Waals surface area contributed by atoms with Crippen molar-refractivity contribution < 1.29 is 4.39 Å². The first-order chi connectivity index (χ1) is 7.83. The van der Waals surface area contributed by atoms with Gasteiger partial charge in [0, 0.05) is 6.04 Å². The molecule has 0 aromatic heterocycles. The zero-order valence-electron chi connectivity index (χ0n) is 11.0. The van der Waals surface area contributed by atoms with Gasteiger partial charge in [-0.1, -0.05) is 33.8 Å². The molecular weight excluding hydrogens is 281 g/mol. The molecule has 1 aromatic rings. The number of halogens is 2. The maximum absolute atomic E-state index is 13.2. The molecule has 1 N–H and O–H groups in total. The Kier molecular flexibility index (Phi) is 5.14.